The molecular formula is C43H38IrN2O-2. The zero-order valence-corrected chi connectivity index (χ0v) is 29.8. The Labute approximate surface area is 292 Å². The molecule has 7 rings (SSSR count). The molecule has 0 aliphatic rings. The Morgan fingerprint density at radius 1 is 0.617 bits per heavy atom. The van der Waals surface area contributed by atoms with Crippen LogP contribution in [0.3, 0.4) is 0 Å². The largest absolute Gasteiger partial charge is 0.476 e. The number of aryl methyl sites for hydroxylation is 1. The van der Waals surface area contributed by atoms with Crippen molar-refractivity contribution < 1.29 is 24.5 Å². The summed E-state index contributed by atoms with van der Waals surface area (Å²) >= 11 is 0. The van der Waals surface area contributed by atoms with Gasteiger partial charge >= 0.3 is 0 Å². The molecule has 4 heteroatoms. The molecule has 3 heterocycles. The molecule has 0 aliphatic heterocycles. The number of fused-ring (bicyclic) bond motifs is 1. The van der Waals surface area contributed by atoms with E-state index in [1.165, 1.54) is 16.7 Å². The van der Waals surface area contributed by atoms with E-state index in [9.17, 15) is 0 Å². The monoisotopic (exact) mass is 791 g/mol. The average Bonchev–Trinajstić information content (AvgIpc) is 3.45. The number of nitrogens with zero attached hydrogens (tertiary/aromatic N) is 2. The molecule has 0 N–H and O–H groups in total. The predicted molar refractivity (Wildman–Crippen MR) is 191 cm³/mol. The molecule has 0 aliphatic carbocycles. The van der Waals surface area contributed by atoms with E-state index < -0.39 is 0 Å². The first-order valence-corrected chi connectivity index (χ1v) is 15.9. The van der Waals surface area contributed by atoms with Gasteiger partial charge in [-0.1, -0.05) is 123 Å². The van der Waals surface area contributed by atoms with E-state index >= 15 is 0 Å². The van der Waals surface area contributed by atoms with Crippen LogP contribution in [0.4, 0.5) is 0 Å². The van der Waals surface area contributed by atoms with E-state index in [2.05, 4.69) is 111 Å². The Kier molecular flexibility index (Phi) is 11.0. The van der Waals surface area contributed by atoms with E-state index in [0.717, 1.165) is 55.9 Å². The Balaban J connectivity index is 0.000000280. The summed E-state index contributed by atoms with van der Waals surface area (Å²) in [6.45, 7) is 11.0. The fourth-order valence-corrected chi connectivity index (χ4v) is 5.61. The van der Waals surface area contributed by atoms with E-state index in [0.29, 0.717) is 11.8 Å². The van der Waals surface area contributed by atoms with Crippen molar-refractivity contribution in [1.29, 1.82) is 0 Å². The SMILES string of the molecule is Cc1c(-c2ccccc2)oc2[c-]c(-c3cc(C(C)C)ccn3)cc(-c3ccc(C(C)C)cc3)c12.[Ir].[c-]1ccccc1-c1ccccn1. The Bertz CT molecular complexity index is 1990. The van der Waals surface area contributed by atoms with Crippen LogP contribution in [0.25, 0.3) is 55.9 Å². The third kappa shape index (κ3) is 7.68. The number of aromatic nitrogens is 2. The van der Waals surface area contributed by atoms with Gasteiger partial charge in [-0.2, -0.15) is 0 Å². The van der Waals surface area contributed by atoms with Crippen molar-refractivity contribution in [2.45, 2.75) is 46.5 Å². The van der Waals surface area contributed by atoms with Crippen molar-refractivity contribution in [2.75, 3.05) is 0 Å². The molecule has 1 radical (unpaired) electrons. The number of hydrogen-bond acceptors (Lipinski definition) is 3. The van der Waals surface area contributed by atoms with Crippen LogP contribution in [0, 0.1) is 19.1 Å². The number of hydrogen-bond donors (Lipinski definition) is 0. The zero-order chi connectivity index (χ0) is 32.0. The van der Waals surface area contributed by atoms with Crippen molar-refractivity contribution >= 4 is 11.0 Å². The van der Waals surface area contributed by atoms with Gasteiger partial charge in [0.05, 0.1) is 5.58 Å². The quantitative estimate of drug-likeness (QED) is 0.158. The van der Waals surface area contributed by atoms with Gasteiger partial charge in [0, 0.05) is 38.1 Å². The van der Waals surface area contributed by atoms with Gasteiger partial charge in [0.2, 0.25) is 0 Å². The standard InChI is InChI=1S/C32H30NO.C11H8N.Ir/c1-20(2)23-11-13-24(14-12-23)28-17-27(29-18-26(21(3)4)15-16-33-29)19-30-31(28)22(5)32(34-30)25-9-7-6-8-10-25;1-2-6-10(7-3-1)11-8-4-5-9-12-11;/h6-18,20-21H,1-5H3;1-6,8-9H;/q2*-1;. The van der Waals surface area contributed by atoms with Gasteiger partial charge in [0.1, 0.15) is 5.76 Å². The van der Waals surface area contributed by atoms with Crippen molar-refractivity contribution in [3.8, 4) is 45.0 Å². The summed E-state index contributed by atoms with van der Waals surface area (Å²) in [6.07, 6.45) is 3.68. The van der Waals surface area contributed by atoms with Crippen LogP contribution in [0.15, 0.2) is 132 Å². The van der Waals surface area contributed by atoms with Gasteiger partial charge in [-0.05, 0) is 59.0 Å². The molecule has 0 atom stereocenters. The average molecular weight is 791 g/mol. The van der Waals surface area contributed by atoms with E-state index in [-0.39, 0.29) is 20.1 Å². The first-order chi connectivity index (χ1) is 22.4. The maximum atomic E-state index is 6.47. The molecule has 3 aromatic heterocycles. The maximum absolute atomic E-state index is 6.47. The fourth-order valence-electron chi connectivity index (χ4n) is 5.61. The predicted octanol–water partition coefficient (Wildman–Crippen LogP) is 11.7. The molecule has 237 valence electrons. The molecule has 0 spiro atoms. The Morgan fingerprint density at radius 3 is 1.98 bits per heavy atom. The van der Waals surface area contributed by atoms with Crippen LogP contribution in [0.1, 0.15) is 56.2 Å². The number of rotatable bonds is 6. The summed E-state index contributed by atoms with van der Waals surface area (Å²) in [6, 6.07) is 46.1. The van der Waals surface area contributed by atoms with Gasteiger partial charge in [-0.3, -0.25) is 0 Å². The van der Waals surface area contributed by atoms with Crippen molar-refractivity contribution in [3.05, 3.63) is 156 Å². The van der Waals surface area contributed by atoms with E-state index in [1.807, 2.05) is 66.9 Å². The van der Waals surface area contributed by atoms with Crippen molar-refractivity contribution in [3.63, 3.8) is 0 Å². The van der Waals surface area contributed by atoms with Crippen LogP contribution < -0.4 is 0 Å². The van der Waals surface area contributed by atoms with Crippen molar-refractivity contribution in [1.82, 2.24) is 9.97 Å². The third-order valence-corrected chi connectivity index (χ3v) is 8.25. The van der Waals surface area contributed by atoms with Crippen LogP contribution >= 0.6 is 0 Å². The minimum atomic E-state index is 0. The van der Waals surface area contributed by atoms with Gasteiger partial charge in [0.25, 0.3) is 0 Å². The number of furan rings is 1. The first-order valence-electron chi connectivity index (χ1n) is 15.9. The Hall–Kier alpha value is -4.63. The fraction of sp³-hybridized carbons (Fsp3) is 0.163. The first kappa shape index (κ1) is 33.7. The van der Waals surface area contributed by atoms with E-state index in [1.54, 1.807) is 6.20 Å². The van der Waals surface area contributed by atoms with Crippen LogP contribution in [0.2, 0.25) is 0 Å². The second-order valence-corrected chi connectivity index (χ2v) is 12.1. The van der Waals surface area contributed by atoms with Crippen molar-refractivity contribution in [2.24, 2.45) is 0 Å². The van der Waals surface area contributed by atoms with Gasteiger partial charge in [0.15, 0.2) is 0 Å². The molecule has 47 heavy (non-hydrogen) atoms. The molecule has 0 unspecified atom stereocenters. The third-order valence-electron chi connectivity index (χ3n) is 8.25. The smallest absolute Gasteiger partial charge is 0.126 e. The minimum absolute atomic E-state index is 0. The molecule has 0 bridgehead atoms. The summed E-state index contributed by atoms with van der Waals surface area (Å²) in [5.74, 6) is 1.83. The molecule has 0 saturated carbocycles. The molecule has 4 aromatic carbocycles. The second kappa shape index (κ2) is 15.3. The molecular weight excluding hydrogens is 753 g/mol. The van der Waals surface area contributed by atoms with E-state index in [4.69, 9.17) is 4.42 Å². The molecule has 7 aromatic rings. The summed E-state index contributed by atoms with van der Waals surface area (Å²) in [5, 5.41) is 1.11. The summed E-state index contributed by atoms with van der Waals surface area (Å²) < 4.78 is 6.47. The minimum Gasteiger partial charge on any atom is -0.476 e. The topological polar surface area (TPSA) is 38.9 Å². The summed E-state index contributed by atoms with van der Waals surface area (Å²) in [4.78, 5) is 8.90. The molecule has 0 amide bonds. The maximum Gasteiger partial charge on any atom is 0.126 e. The Morgan fingerprint density at radius 2 is 1.32 bits per heavy atom. The number of benzene rings is 4. The van der Waals surface area contributed by atoms with Crippen LogP contribution in [0.5, 0.6) is 0 Å². The molecule has 0 saturated heterocycles. The van der Waals surface area contributed by atoms with Crippen LogP contribution in [-0.4, -0.2) is 9.97 Å². The van der Waals surface area contributed by atoms with Crippen LogP contribution in [-0.2, 0) is 20.1 Å². The number of pyridine rings is 2. The summed E-state index contributed by atoms with van der Waals surface area (Å²) in [7, 11) is 0. The second-order valence-electron chi connectivity index (χ2n) is 12.1. The van der Waals surface area contributed by atoms with Gasteiger partial charge in [-0.25, -0.2) is 0 Å². The molecule has 3 nitrogen and oxygen atoms in total. The normalized spacial score (nSPS) is 10.9. The molecule has 0 fully saturated rings. The van der Waals surface area contributed by atoms with Gasteiger partial charge in [-0.15, -0.1) is 47.5 Å². The van der Waals surface area contributed by atoms with Gasteiger partial charge < -0.3 is 14.4 Å². The zero-order valence-electron chi connectivity index (χ0n) is 27.4. The summed E-state index contributed by atoms with van der Waals surface area (Å²) in [5.41, 5.74) is 11.8.